The standard InChI is InChI=1S/C9H8N2O2/c10-6-4-7(11-5-6)9(12)8-2-1-3-13-8/h1-5,11H,10H2. The first-order valence-electron chi connectivity index (χ1n) is 3.79. The molecule has 0 fully saturated rings. The smallest absolute Gasteiger partial charge is 0.244 e. The summed E-state index contributed by atoms with van der Waals surface area (Å²) in [5, 5.41) is 0. The average molecular weight is 176 g/mol. The van der Waals surface area contributed by atoms with Crippen LogP contribution in [0.25, 0.3) is 0 Å². The second kappa shape index (κ2) is 2.82. The summed E-state index contributed by atoms with van der Waals surface area (Å²) in [7, 11) is 0. The molecule has 0 unspecified atom stereocenters. The molecular weight excluding hydrogens is 168 g/mol. The number of rotatable bonds is 2. The third-order valence-electron chi connectivity index (χ3n) is 1.69. The van der Waals surface area contributed by atoms with Crippen molar-refractivity contribution in [2.45, 2.75) is 0 Å². The lowest BCUT2D eigenvalue weighted by molar-refractivity contribution is 0.100. The number of hydrogen-bond acceptors (Lipinski definition) is 3. The number of aromatic amines is 1. The van der Waals surface area contributed by atoms with Crippen molar-refractivity contribution in [2.24, 2.45) is 0 Å². The number of H-pyrrole nitrogens is 1. The van der Waals surface area contributed by atoms with Gasteiger partial charge in [-0.05, 0) is 18.2 Å². The van der Waals surface area contributed by atoms with Gasteiger partial charge >= 0.3 is 0 Å². The Morgan fingerprint density at radius 1 is 1.54 bits per heavy atom. The van der Waals surface area contributed by atoms with Gasteiger partial charge in [-0.15, -0.1) is 0 Å². The molecule has 0 aliphatic carbocycles. The van der Waals surface area contributed by atoms with Crippen LogP contribution in [0.15, 0.2) is 35.1 Å². The molecule has 4 heteroatoms. The zero-order valence-corrected chi connectivity index (χ0v) is 6.78. The van der Waals surface area contributed by atoms with Crippen LogP contribution >= 0.6 is 0 Å². The lowest BCUT2D eigenvalue weighted by atomic mass is 10.2. The minimum Gasteiger partial charge on any atom is -0.461 e. The summed E-state index contributed by atoms with van der Waals surface area (Å²) in [6, 6.07) is 4.85. The molecule has 0 bridgehead atoms. The van der Waals surface area contributed by atoms with E-state index in [2.05, 4.69) is 4.98 Å². The molecule has 3 N–H and O–H groups in total. The number of nitrogen functional groups attached to an aromatic ring is 1. The van der Waals surface area contributed by atoms with Crippen LogP contribution in [0.3, 0.4) is 0 Å². The van der Waals surface area contributed by atoms with Crippen molar-refractivity contribution in [1.29, 1.82) is 0 Å². The maximum atomic E-state index is 11.5. The molecule has 0 atom stereocenters. The number of anilines is 1. The van der Waals surface area contributed by atoms with E-state index in [0.29, 0.717) is 17.1 Å². The second-order valence-corrected chi connectivity index (χ2v) is 2.65. The summed E-state index contributed by atoms with van der Waals surface area (Å²) in [5.74, 6) is 0.114. The van der Waals surface area contributed by atoms with Crippen LogP contribution in [0.5, 0.6) is 0 Å². The monoisotopic (exact) mass is 176 g/mol. The summed E-state index contributed by atoms with van der Waals surface area (Å²) in [5.41, 5.74) is 6.43. The highest BCUT2D eigenvalue weighted by molar-refractivity contribution is 6.06. The van der Waals surface area contributed by atoms with Crippen LogP contribution in [-0.4, -0.2) is 10.8 Å². The molecule has 0 aliphatic rings. The Kier molecular flexibility index (Phi) is 1.66. The van der Waals surface area contributed by atoms with Gasteiger partial charge in [0.25, 0.3) is 0 Å². The van der Waals surface area contributed by atoms with Gasteiger partial charge in [-0.2, -0.15) is 0 Å². The van der Waals surface area contributed by atoms with Gasteiger partial charge in [0.2, 0.25) is 5.78 Å². The van der Waals surface area contributed by atoms with E-state index in [-0.39, 0.29) is 5.78 Å². The van der Waals surface area contributed by atoms with Crippen LogP contribution in [-0.2, 0) is 0 Å². The molecule has 0 spiro atoms. The minimum atomic E-state index is -0.193. The van der Waals surface area contributed by atoms with Crippen LogP contribution in [0.1, 0.15) is 16.2 Å². The Balaban J connectivity index is 2.33. The van der Waals surface area contributed by atoms with Crippen LogP contribution < -0.4 is 5.73 Å². The average Bonchev–Trinajstić information content (AvgIpc) is 2.72. The fraction of sp³-hybridized carbons (Fsp3) is 0. The Hall–Kier alpha value is -1.97. The third kappa shape index (κ3) is 1.33. The Morgan fingerprint density at radius 2 is 2.38 bits per heavy atom. The minimum absolute atomic E-state index is 0.193. The fourth-order valence-electron chi connectivity index (χ4n) is 1.08. The highest BCUT2D eigenvalue weighted by Gasteiger charge is 2.12. The lowest BCUT2D eigenvalue weighted by Gasteiger charge is -1.90. The maximum absolute atomic E-state index is 11.5. The van der Waals surface area contributed by atoms with E-state index in [9.17, 15) is 4.79 Å². The van der Waals surface area contributed by atoms with Gasteiger partial charge in [-0.25, -0.2) is 0 Å². The Morgan fingerprint density at radius 3 is 2.92 bits per heavy atom. The fourth-order valence-corrected chi connectivity index (χ4v) is 1.08. The predicted molar refractivity (Wildman–Crippen MR) is 47.3 cm³/mol. The van der Waals surface area contributed by atoms with Gasteiger partial charge in [-0.1, -0.05) is 0 Å². The zero-order valence-electron chi connectivity index (χ0n) is 6.78. The number of carbonyl (C=O) groups excluding carboxylic acids is 1. The van der Waals surface area contributed by atoms with Gasteiger partial charge in [0, 0.05) is 11.9 Å². The van der Waals surface area contributed by atoms with Crippen LogP contribution in [0.4, 0.5) is 5.69 Å². The maximum Gasteiger partial charge on any atom is 0.244 e. The van der Waals surface area contributed by atoms with Crippen molar-refractivity contribution >= 4 is 11.5 Å². The molecule has 2 aromatic rings. The second-order valence-electron chi connectivity index (χ2n) is 2.65. The number of ketones is 1. The van der Waals surface area contributed by atoms with E-state index in [4.69, 9.17) is 10.2 Å². The molecule has 0 aliphatic heterocycles. The van der Waals surface area contributed by atoms with E-state index < -0.39 is 0 Å². The zero-order chi connectivity index (χ0) is 9.26. The van der Waals surface area contributed by atoms with Crippen molar-refractivity contribution in [3.8, 4) is 0 Å². The summed E-state index contributed by atoms with van der Waals surface area (Å²) < 4.78 is 4.95. The summed E-state index contributed by atoms with van der Waals surface area (Å²) in [6.07, 6.45) is 3.02. The van der Waals surface area contributed by atoms with Crippen LogP contribution in [0, 0.1) is 0 Å². The number of furan rings is 1. The van der Waals surface area contributed by atoms with Gasteiger partial charge in [0.15, 0.2) is 5.76 Å². The highest BCUT2D eigenvalue weighted by atomic mass is 16.3. The van der Waals surface area contributed by atoms with Gasteiger partial charge in [-0.3, -0.25) is 4.79 Å². The topological polar surface area (TPSA) is 72.0 Å². The Bertz CT molecular complexity index is 415. The van der Waals surface area contributed by atoms with Gasteiger partial charge in [0.05, 0.1) is 12.0 Å². The molecule has 2 aromatic heterocycles. The molecule has 2 rings (SSSR count). The van der Waals surface area contributed by atoms with E-state index in [1.165, 1.54) is 6.26 Å². The van der Waals surface area contributed by atoms with Gasteiger partial charge in [0.1, 0.15) is 0 Å². The number of nitrogens with two attached hydrogens (primary N) is 1. The highest BCUT2D eigenvalue weighted by Crippen LogP contribution is 2.11. The molecule has 0 saturated carbocycles. The first-order chi connectivity index (χ1) is 6.27. The lowest BCUT2D eigenvalue weighted by Crippen LogP contribution is -1.99. The molecule has 0 saturated heterocycles. The van der Waals surface area contributed by atoms with Crippen molar-refractivity contribution in [3.05, 3.63) is 42.1 Å². The summed E-state index contributed by atoms with van der Waals surface area (Å²) >= 11 is 0. The molecule has 2 heterocycles. The largest absolute Gasteiger partial charge is 0.461 e. The molecule has 0 aromatic carbocycles. The van der Waals surface area contributed by atoms with Gasteiger partial charge < -0.3 is 15.1 Å². The van der Waals surface area contributed by atoms with E-state index in [1.807, 2.05) is 0 Å². The normalized spacial score (nSPS) is 10.2. The van der Waals surface area contributed by atoms with E-state index >= 15 is 0 Å². The molecule has 4 nitrogen and oxygen atoms in total. The number of carbonyl (C=O) groups is 1. The quantitative estimate of drug-likeness (QED) is 0.679. The SMILES string of the molecule is Nc1c[nH]c(C(=O)c2ccco2)c1. The predicted octanol–water partition coefficient (Wildman–Crippen LogP) is 1.42. The molecule has 66 valence electrons. The first kappa shape index (κ1) is 7.67. The van der Waals surface area contributed by atoms with Crippen molar-refractivity contribution < 1.29 is 9.21 Å². The number of hydrogen-bond donors (Lipinski definition) is 2. The van der Waals surface area contributed by atoms with Crippen molar-refractivity contribution in [1.82, 2.24) is 4.98 Å². The Labute approximate surface area is 74.4 Å². The van der Waals surface area contributed by atoms with E-state index in [0.717, 1.165) is 0 Å². The number of nitrogens with one attached hydrogen (secondary N) is 1. The number of aromatic nitrogens is 1. The van der Waals surface area contributed by atoms with Crippen molar-refractivity contribution in [2.75, 3.05) is 5.73 Å². The third-order valence-corrected chi connectivity index (χ3v) is 1.69. The van der Waals surface area contributed by atoms with E-state index in [1.54, 1.807) is 24.4 Å². The summed E-state index contributed by atoms with van der Waals surface area (Å²) in [6.45, 7) is 0. The van der Waals surface area contributed by atoms with Crippen LogP contribution in [0.2, 0.25) is 0 Å². The summed E-state index contributed by atoms with van der Waals surface area (Å²) in [4.78, 5) is 14.3. The van der Waals surface area contributed by atoms with Crippen molar-refractivity contribution in [3.63, 3.8) is 0 Å². The molecule has 13 heavy (non-hydrogen) atoms. The first-order valence-corrected chi connectivity index (χ1v) is 3.79. The molecular formula is C9H8N2O2. The molecule has 0 radical (unpaired) electrons. The molecule has 0 amide bonds.